The highest BCUT2D eigenvalue weighted by atomic mass is 32.2. The van der Waals surface area contributed by atoms with Crippen LogP contribution >= 0.6 is 11.8 Å². The molecule has 0 spiro atoms. The molecule has 1 aromatic carbocycles. The summed E-state index contributed by atoms with van der Waals surface area (Å²) in [6.07, 6.45) is -5.15. The molecule has 0 radical (unpaired) electrons. The molecule has 0 fully saturated rings. The molecule has 0 amide bonds. The van der Waals surface area contributed by atoms with Gasteiger partial charge in [0.25, 0.3) is 0 Å². The van der Waals surface area contributed by atoms with Gasteiger partial charge >= 0.3 is 18.1 Å². The van der Waals surface area contributed by atoms with Crippen LogP contribution in [0.1, 0.15) is 48.7 Å². The average Bonchev–Trinajstić information content (AvgIpc) is 2.44. The van der Waals surface area contributed by atoms with Gasteiger partial charge in [-0.25, -0.2) is 4.79 Å². The second kappa shape index (κ2) is 7.07. The van der Waals surface area contributed by atoms with Crippen LogP contribution in [0.4, 0.5) is 22.0 Å². The lowest BCUT2D eigenvalue weighted by atomic mass is 9.98. The fourth-order valence-electron chi connectivity index (χ4n) is 2.00. The maximum absolute atomic E-state index is 13.8. The predicted molar refractivity (Wildman–Crippen MR) is 78.3 cm³/mol. The van der Waals surface area contributed by atoms with Crippen molar-refractivity contribution in [3.05, 3.63) is 28.8 Å². The van der Waals surface area contributed by atoms with Crippen LogP contribution in [0.5, 0.6) is 0 Å². The number of carboxylic acid groups (broad SMARTS) is 1. The van der Waals surface area contributed by atoms with E-state index in [9.17, 15) is 26.7 Å². The van der Waals surface area contributed by atoms with Crippen molar-refractivity contribution in [2.24, 2.45) is 0 Å². The monoisotopic (exact) mass is 356 g/mol. The number of thioether (sulfide) groups is 1. The van der Waals surface area contributed by atoms with Crippen molar-refractivity contribution < 1.29 is 31.9 Å². The number of benzene rings is 1. The highest BCUT2D eigenvalue weighted by Crippen LogP contribution is 2.49. The number of hydrogen-bond acceptors (Lipinski definition) is 2. The summed E-state index contributed by atoms with van der Waals surface area (Å²) in [5.74, 6) is -6.39. The van der Waals surface area contributed by atoms with Crippen LogP contribution in [0.2, 0.25) is 0 Å². The zero-order chi connectivity index (χ0) is 18.0. The minimum Gasteiger partial charge on any atom is -0.478 e. The zero-order valence-corrected chi connectivity index (χ0v) is 13.6. The van der Waals surface area contributed by atoms with Gasteiger partial charge in [-0.05, 0) is 24.5 Å². The van der Waals surface area contributed by atoms with Crippen LogP contribution in [0.25, 0.3) is 0 Å². The van der Waals surface area contributed by atoms with E-state index in [1.807, 2.05) is 0 Å². The van der Waals surface area contributed by atoms with Crippen LogP contribution in [-0.2, 0) is 12.3 Å². The molecule has 130 valence electrons. The van der Waals surface area contributed by atoms with E-state index in [0.29, 0.717) is 12.5 Å². The smallest absolute Gasteiger partial charge is 0.458 e. The Morgan fingerprint density at radius 1 is 1.22 bits per heavy atom. The fraction of sp³-hybridized carbons (Fsp3) is 0.533. The third-order valence-electron chi connectivity index (χ3n) is 3.43. The highest BCUT2D eigenvalue weighted by Gasteiger charge is 2.59. The molecule has 0 unspecified atom stereocenters. The minimum absolute atomic E-state index is 0.00391. The van der Waals surface area contributed by atoms with E-state index in [4.69, 9.17) is 5.11 Å². The van der Waals surface area contributed by atoms with Crippen molar-refractivity contribution in [1.29, 1.82) is 0 Å². The molecule has 1 N–H and O–H groups in total. The van der Waals surface area contributed by atoms with Crippen molar-refractivity contribution in [2.75, 3.05) is 0 Å². The highest BCUT2D eigenvalue weighted by molar-refractivity contribution is 8.00. The average molecular weight is 356 g/mol. The third-order valence-corrected chi connectivity index (χ3v) is 4.87. The topological polar surface area (TPSA) is 37.3 Å². The van der Waals surface area contributed by atoms with Gasteiger partial charge in [0, 0.05) is 15.7 Å². The Balaban J connectivity index is 3.67. The Labute approximate surface area is 135 Å². The summed E-state index contributed by atoms with van der Waals surface area (Å²) >= 11 is 0.853. The van der Waals surface area contributed by atoms with Gasteiger partial charge < -0.3 is 5.11 Å². The molecule has 1 atom stereocenters. The van der Waals surface area contributed by atoms with Crippen LogP contribution in [0.15, 0.2) is 17.0 Å². The van der Waals surface area contributed by atoms with E-state index in [1.54, 1.807) is 13.8 Å². The predicted octanol–water partition coefficient (Wildman–Crippen LogP) is 5.49. The Morgan fingerprint density at radius 2 is 1.78 bits per heavy atom. The molecule has 0 heterocycles. The van der Waals surface area contributed by atoms with Crippen LogP contribution < -0.4 is 0 Å². The van der Waals surface area contributed by atoms with E-state index >= 15 is 0 Å². The summed E-state index contributed by atoms with van der Waals surface area (Å²) < 4.78 is 65.9. The first-order valence-corrected chi connectivity index (χ1v) is 7.86. The first kappa shape index (κ1) is 19.7. The summed E-state index contributed by atoms with van der Waals surface area (Å²) in [4.78, 5) is 10.9. The number of carboxylic acids is 1. The summed E-state index contributed by atoms with van der Waals surface area (Å²) in [5, 5.41) is 8.92. The van der Waals surface area contributed by atoms with Crippen LogP contribution in [-0.4, -0.2) is 22.5 Å². The quantitative estimate of drug-likeness (QED) is 0.541. The molecule has 0 aliphatic carbocycles. The van der Waals surface area contributed by atoms with Crippen molar-refractivity contribution in [2.45, 2.75) is 55.9 Å². The van der Waals surface area contributed by atoms with E-state index in [0.717, 1.165) is 17.8 Å². The van der Waals surface area contributed by atoms with E-state index < -0.39 is 23.6 Å². The Morgan fingerprint density at radius 3 is 2.17 bits per heavy atom. The van der Waals surface area contributed by atoms with Crippen molar-refractivity contribution >= 4 is 17.7 Å². The normalized spacial score (nSPS) is 13.9. The van der Waals surface area contributed by atoms with Crippen LogP contribution in [0, 0.1) is 0 Å². The van der Waals surface area contributed by atoms with Gasteiger partial charge in [-0.15, -0.1) is 11.8 Å². The Kier molecular flexibility index (Phi) is 6.06. The third kappa shape index (κ3) is 3.97. The molecular formula is C15H17F5O2S. The summed E-state index contributed by atoms with van der Waals surface area (Å²) in [6, 6.07) is 1.39. The first-order chi connectivity index (χ1) is 10.5. The van der Waals surface area contributed by atoms with E-state index in [1.165, 1.54) is 6.92 Å². The molecule has 0 aliphatic heterocycles. The number of halogens is 5. The lowest BCUT2D eigenvalue weighted by Crippen LogP contribution is -2.34. The lowest BCUT2D eigenvalue weighted by molar-refractivity contribution is -0.290. The van der Waals surface area contributed by atoms with Gasteiger partial charge in [0.1, 0.15) is 0 Å². The molecule has 0 saturated heterocycles. The number of carbonyl (C=O) groups is 1. The maximum atomic E-state index is 13.8. The van der Waals surface area contributed by atoms with E-state index in [-0.39, 0.29) is 27.7 Å². The first-order valence-electron chi connectivity index (χ1n) is 6.98. The molecule has 0 aliphatic rings. The Bertz CT molecular complexity index is 584. The summed E-state index contributed by atoms with van der Waals surface area (Å²) in [7, 11) is 0. The van der Waals surface area contributed by atoms with E-state index in [2.05, 4.69) is 0 Å². The van der Waals surface area contributed by atoms with Gasteiger partial charge in [-0.2, -0.15) is 22.0 Å². The molecule has 0 saturated carbocycles. The largest absolute Gasteiger partial charge is 0.478 e. The van der Waals surface area contributed by atoms with Gasteiger partial charge in [0.15, 0.2) is 0 Å². The summed E-state index contributed by atoms with van der Waals surface area (Å²) in [6.45, 7) is 4.98. The van der Waals surface area contributed by atoms with Gasteiger partial charge in [-0.3, -0.25) is 0 Å². The van der Waals surface area contributed by atoms with Gasteiger partial charge in [0.2, 0.25) is 0 Å². The van der Waals surface area contributed by atoms with Crippen molar-refractivity contribution in [3.8, 4) is 0 Å². The van der Waals surface area contributed by atoms with Crippen molar-refractivity contribution in [1.82, 2.24) is 0 Å². The fourth-order valence-corrected chi connectivity index (χ4v) is 3.29. The number of alkyl halides is 5. The molecular weight excluding hydrogens is 339 g/mol. The van der Waals surface area contributed by atoms with Gasteiger partial charge in [0.05, 0.1) is 5.56 Å². The maximum Gasteiger partial charge on any atom is 0.458 e. The summed E-state index contributed by atoms with van der Waals surface area (Å²) in [5.41, 5.74) is -1.43. The minimum atomic E-state index is -5.74. The van der Waals surface area contributed by atoms with Gasteiger partial charge in [-0.1, -0.05) is 26.8 Å². The molecule has 8 heteroatoms. The molecule has 0 aromatic heterocycles. The molecule has 0 bridgehead atoms. The number of rotatable bonds is 6. The zero-order valence-electron chi connectivity index (χ0n) is 12.8. The molecule has 1 aromatic rings. The number of hydrogen-bond donors (Lipinski definition) is 1. The van der Waals surface area contributed by atoms with Crippen LogP contribution in [0.3, 0.4) is 0 Å². The van der Waals surface area contributed by atoms with Crippen molar-refractivity contribution in [3.63, 3.8) is 0 Å². The molecule has 23 heavy (non-hydrogen) atoms. The SMILES string of the molecule is CCc1c(C(=O)O)ccc(C(F)(F)C(F)(F)F)c1S[C@@H](C)CC. The lowest BCUT2D eigenvalue weighted by Gasteiger charge is -2.25. The molecule has 1 rings (SSSR count). The second-order valence-electron chi connectivity index (χ2n) is 5.04. The second-order valence-corrected chi connectivity index (χ2v) is 6.48. The molecule has 2 nitrogen and oxygen atoms in total. The Hall–Kier alpha value is -1.31. The number of aromatic carboxylic acids is 1. The standard InChI is InChI=1S/C15H17F5O2S/c1-4-8(3)23-12-9(5-2)10(13(21)22)6-7-11(12)14(16,17)15(18,19)20/h6-8H,4-5H2,1-3H3,(H,21,22)/t8-/m0/s1.